The van der Waals surface area contributed by atoms with E-state index in [1.807, 2.05) is 0 Å². The van der Waals surface area contributed by atoms with Gasteiger partial charge >= 0.3 is 11.7 Å². The number of nitrogens with zero attached hydrogens (tertiary/aromatic N) is 5. The highest BCUT2D eigenvalue weighted by atomic mass is 16.6. The summed E-state index contributed by atoms with van der Waals surface area (Å²) in [4.78, 5) is 21.6. The van der Waals surface area contributed by atoms with Crippen molar-refractivity contribution in [2.75, 3.05) is 0 Å². The summed E-state index contributed by atoms with van der Waals surface area (Å²) in [6.45, 7) is 3.59. The second-order valence-electron chi connectivity index (χ2n) is 4.54. The molecule has 0 spiro atoms. The van der Waals surface area contributed by atoms with Crippen molar-refractivity contribution >= 4 is 11.7 Å². The van der Waals surface area contributed by atoms with Gasteiger partial charge in [0.15, 0.2) is 5.69 Å². The zero-order chi connectivity index (χ0) is 15.0. The predicted octanol–water partition coefficient (Wildman–Crippen LogP) is 1.34. The van der Waals surface area contributed by atoms with Gasteiger partial charge in [-0.25, -0.2) is 14.2 Å². The van der Waals surface area contributed by atoms with Crippen LogP contribution in [0.25, 0.3) is 5.82 Å². The Morgan fingerprint density at radius 3 is 2.55 bits per heavy atom. The van der Waals surface area contributed by atoms with Crippen molar-refractivity contribution in [1.29, 1.82) is 0 Å². The van der Waals surface area contributed by atoms with Crippen LogP contribution in [0.5, 0.6) is 0 Å². The molecule has 2 rings (SSSR count). The fraction of sp³-hybridized carbons (Fsp3) is 0.364. The van der Waals surface area contributed by atoms with Gasteiger partial charge < -0.3 is 5.11 Å². The van der Waals surface area contributed by atoms with E-state index in [0.717, 1.165) is 4.68 Å². The molecule has 0 atom stereocenters. The van der Waals surface area contributed by atoms with Crippen LogP contribution in [0, 0.1) is 10.1 Å². The number of hydrogen-bond donors (Lipinski definition) is 1. The number of hydrogen-bond acceptors (Lipinski definition) is 5. The number of carboxylic acid groups (broad SMARTS) is 1. The lowest BCUT2D eigenvalue weighted by Gasteiger charge is -2.01. The maximum absolute atomic E-state index is 11.3. The molecule has 2 aromatic rings. The van der Waals surface area contributed by atoms with Crippen molar-refractivity contribution in [2.24, 2.45) is 7.05 Å². The van der Waals surface area contributed by atoms with Crippen molar-refractivity contribution in [3.63, 3.8) is 0 Å². The van der Waals surface area contributed by atoms with Crippen molar-refractivity contribution in [1.82, 2.24) is 19.6 Å². The van der Waals surface area contributed by atoms with E-state index in [9.17, 15) is 14.9 Å². The van der Waals surface area contributed by atoms with Crippen LogP contribution < -0.4 is 0 Å². The monoisotopic (exact) mass is 279 g/mol. The van der Waals surface area contributed by atoms with E-state index in [1.165, 1.54) is 16.9 Å². The highest BCUT2D eigenvalue weighted by molar-refractivity contribution is 5.85. The average molecular weight is 279 g/mol. The van der Waals surface area contributed by atoms with E-state index in [1.54, 1.807) is 20.9 Å². The fourth-order valence-electron chi connectivity index (χ4n) is 1.90. The molecule has 0 fully saturated rings. The highest BCUT2D eigenvalue weighted by Gasteiger charge is 2.30. The molecule has 2 aromatic heterocycles. The zero-order valence-electron chi connectivity index (χ0n) is 11.1. The first kappa shape index (κ1) is 13.7. The maximum Gasteiger partial charge on any atom is 0.356 e. The summed E-state index contributed by atoms with van der Waals surface area (Å²) in [5.74, 6) is -1.20. The lowest BCUT2D eigenvalue weighted by molar-refractivity contribution is -0.385. The van der Waals surface area contributed by atoms with Gasteiger partial charge in [-0.05, 0) is 6.07 Å². The van der Waals surface area contributed by atoms with E-state index < -0.39 is 10.9 Å². The maximum atomic E-state index is 11.3. The van der Waals surface area contributed by atoms with Crippen molar-refractivity contribution < 1.29 is 14.8 Å². The summed E-state index contributed by atoms with van der Waals surface area (Å²) < 4.78 is 2.48. The fourth-order valence-corrected chi connectivity index (χ4v) is 1.90. The molecule has 2 heterocycles. The third kappa shape index (κ3) is 2.13. The van der Waals surface area contributed by atoms with Crippen molar-refractivity contribution in [3.8, 4) is 5.82 Å². The van der Waals surface area contributed by atoms with Crippen molar-refractivity contribution in [3.05, 3.63) is 33.8 Å². The predicted molar refractivity (Wildman–Crippen MR) is 68.0 cm³/mol. The minimum absolute atomic E-state index is 0.131. The molecule has 0 radical (unpaired) electrons. The van der Waals surface area contributed by atoms with Crippen LogP contribution in [0.4, 0.5) is 5.69 Å². The largest absolute Gasteiger partial charge is 0.476 e. The third-order valence-electron chi connectivity index (χ3n) is 2.77. The molecular weight excluding hydrogens is 266 g/mol. The highest BCUT2D eigenvalue weighted by Crippen LogP contribution is 2.31. The topological polar surface area (TPSA) is 116 Å². The van der Waals surface area contributed by atoms with E-state index in [0.29, 0.717) is 5.69 Å². The second-order valence-corrected chi connectivity index (χ2v) is 4.54. The number of nitro groups is 1. The van der Waals surface area contributed by atoms with Crippen LogP contribution in [0.1, 0.15) is 35.9 Å². The minimum atomic E-state index is -1.20. The Morgan fingerprint density at radius 1 is 1.45 bits per heavy atom. The number of carboxylic acids is 1. The van der Waals surface area contributed by atoms with Crippen LogP contribution in [0.3, 0.4) is 0 Å². The van der Waals surface area contributed by atoms with Gasteiger partial charge in [-0.1, -0.05) is 13.8 Å². The summed E-state index contributed by atoms with van der Waals surface area (Å²) in [5, 5.41) is 28.1. The Kier molecular flexibility index (Phi) is 3.26. The van der Waals surface area contributed by atoms with Crippen LogP contribution >= 0.6 is 0 Å². The van der Waals surface area contributed by atoms with Gasteiger partial charge in [-0.3, -0.25) is 10.1 Å². The van der Waals surface area contributed by atoms with Gasteiger partial charge in [0, 0.05) is 19.2 Å². The Hall–Kier alpha value is -2.71. The van der Waals surface area contributed by atoms with E-state index in [2.05, 4.69) is 10.2 Å². The molecule has 0 aliphatic rings. The molecule has 1 N–H and O–H groups in total. The van der Waals surface area contributed by atoms with Crippen LogP contribution in [-0.2, 0) is 7.05 Å². The number of aromatic nitrogens is 4. The molecular formula is C11H13N5O4. The van der Waals surface area contributed by atoms with Crippen LogP contribution in [0.15, 0.2) is 12.3 Å². The lowest BCUT2D eigenvalue weighted by atomic mass is 10.1. The quantitative estimate of drug-likeness (QED) is 0.666. The van der Waals surface area contributed by atoms with Gasteiger partial charge in [-0.15, -0.1) is 0 Å². The molecule has 0 amide bonds. The summed E-state index contributed by atoms with van der Waals surface area (Å²) in [7, 11) is 1.55. The normalized spacial score (nSPS) is 11.0. The molecule has 9 nitrogen and oxygen atoms in total. The van der Waals surface area contributed by atoms with Gasteiger partial charge in [-0.2, -0.15) is 10.2 Å². The summed E-state index contributed by atoms with van der Waals surface area (Å²) >= 11 is 0. The van der Waals surface area contributed by atoms with Crippen LogP contribution in [0.2, 0.25) is 0 Å². The van der Waals surface area contributed by atoms with E-state index in [-0.39, 0.29) is 23.1 Å². The van der Waals surface area contributed by atoms with Crippen LogP contribution in [-0.4, -0.2) is 35.6 Å². The Labute approximate surface area is 113 Å². The average Bonchev–Trinajstić information content (AvgIpc) is 2.92. The molecule has 0 aliphatic heterocycles. The molecule has 0 saturated heterocycles. The SMILES string of the molecule is CC(C)c1nn(C)c(-n2ccc(C(=O)O)n2)c1[N+](=O)[O-]. The van der Waals surface area contributed by atoms with Gasteiger partial charge in [0.05, 0.1) is 4.92 Å². The smallest absolute Gasteiger partial charge is 0.356 e. The third-order valence-corrected chi connectivity index (χ3v) is 2.77. The Balaban J connectivity index is 2.66. The summed E-state index contributed by atoms with van der Waals surface area (Å²) in [6, 6.07) is 1.27. The molecule has 9 heteroatoms. The van der Waals surface area contributed by atoms with E-state index >= 15 is 0 Å². The first-order valence-electron chi connectivity index (χ1n) is 5.83. The Bertz CT molecular complexity index is 685. The first-order valence-corrected chi connectivity index (χ1v) is 5.83. The molecule has 106 valence electrons. The molecule has 0 aromatic carbocycles. The summed E-state index contributed by atoms with van der Waals surface area (Å²) in [6.07, 6.45) is 1.36. The number of rotatable bonds is 4. The minimum Gasteiger partial charge on any atom is -0.476 e. The van der Waals surface area contributed by atoms with Gasteiger partial charge in [0.1, 0.15) is 5.69 Å². The molecule has 0 saturated carbocycles. The number of aryl methyl sites for hydroxylation is 1. The Morgan fingerprint density at radius 2 is 2.10 bits per heavy atom. The molecule has 0 aliphatic carbocycles. The molecule has 0 bridgehead atoms. The summed E-state index contributed by atoms with van der Waals surface area (Å²) in [5.41, 5.74) is -0.0194. The second kappa shape index (κ2) is 4.76. The number of aromatic carboxylic acids is 1. The number of carbonyl (C=O) groups is 1. The lowest BCUT2D eigenvalue weighted by Crippen LogP contribution is -2.07. The first-order chi connectivity index (χ1) is 9.32. The zero-order valence-corrected chi connectivity index (χ0v) is 11.1. The van der Waals surface area contributed by atoms with Gasteiger partial charge in [0.25, 0.3) is 0 Å². The molecule has 0 unspecified atom stereocenters. The van der Waals surface area contributed by atoms with Crippen molar-refractivity contribution in [2.45, 2.75) is 19.8 Å². The van der Waals surface area contributed by atoms with E-state index in [4.69, 9.17) is 5.11 Å². The standard InChI is InChI=1S/C11H13N5O4/c1-6(2)8-9(16(19)20)10(14(3)13-8)15-5-4-7(12-15)11(17)18/h4-6H,1-3H3,(H,17,18). The molecule has 20 heavy (non-hydrogen) atoms. The van der Waals surface area contributed by atoms with Gasteiger partial charge in [0.2, 0.25) is 5.82 Å².